The standard InChI is InChI=1S/C15H15NO2/c17-16(18)15-12-5-4-10-14(15)11-6-9-13-7-2-1-3-8-13/h1-5,7-8,10,12H,6,9,11H2. The summed E-state index contributed by atoms with van der Waals surface area (Å²) in [4.78, 5) is 10.6. The normalized spacial score (nSPS) is 10.2. The molecule has 0 aromatic heterocycles. The van der Waals surface area contributed by atoms with Gasteiger partial charge in [0.25, 0.3) is 5.69 Å². The molecule has 2 aromatic carbocycles. The zero-order chi connectivity index (χ0) is 12.8. The van der Waals surface area contributed by atoms with Crippen LogP contribution in [0.4, 0.5) is 5.69 Å². The summed E-state index contributed by atoms with van der Waals surface area (Å²) in [6, 6.07) is 17.1. The van der Waals surface area contributed by atoms with Crippen molar-refractivity contribution < 1.29 is 4.92 Å². The molecule has 0 spiro atoms. The van der Waals surface area contributed by atoms with E-state index in [-0.39, 0.29) is 10.6 Å². The van der Waals surface area contributed by atoms with Crippen molar-refractivity contribution in [1.82, 2.24) is 0 Å². The first-order chi connectivity index (χ1) is 8.77. The monoisotopic (exact) mass is 241 g/mol. The van der Waals surface area contributed by atoms with E-state index in [1.54, 1.807) is 12.1 Å². The zero-order valence-corrected chi connectivity index (χ0v) is 10.1. The van der Waals surface area contributed by atoms with E-state index in [9.17, 15) is 10.1 Å². The summed E-state index contributed by atoms with van der Waals surface area (Å²) in [6.45, 7) is 0. The SMILES string of the molecule is O=[N+]([O-])c1ccccc1CCCc1ccccc1. The van der Waals surface area contributed by atoms with Crippen LogP contribution in [0.1, 0.15) is 17.5 Å². The Morgan fingerprint density at radius 1 is 0.889 bits per heavy atom. The van der Waals surface area contributed by atoms with Crippen LogP contribution in [0.25, 0.3) is 0 Å². The maximum atomic E-state index is 10.9. The highest BCUT2D eigenvalue weighted by Crippen LogP contribution is 2.19. The lowest BCUT2D eigenvalue weighted by molar-refractivity contribution is -0.385. The fourth-order valence-electron chi connectivity index (χ4n) is 2.03. The van der Waals surface area contributed by atoms with Crippen LogP contribution in [0, 0.1) is 10.1 Å². The molecule has 0 unspecified atom stereocenters. The predicted molar refractivity (Wildman–Crippen MR) is 71.6 cm³/mol. The number of nitrogens with zero attached hydrogens (tertiary/aromatic N) is 1. The first-order valence-electron chi connectivity index (χ1n) is 6.03. The topological polar surface area (TPSA) is 43.1 Å². The van der Waals surface area contributed by atoms with Crippen molar-refractivity contribution in [3.8, 4) is 0 Å². The van der Waals surface area contributed by atoms with Crippen LogP contribution in [-0.4, -0.2) is 4.92 Å². The summed E-state index contributed by atoms with van der Waals surface area (Å²) < 4.78 is 0. The fraction of sp³-hybridized carbons (Fsp3) is 0.200. The van der Waals surface area contributed by atoms with Crippen molar-refractivity contribution in [3.63, 3.8) is 0 Å². The number of benzene rings is 2. The molecule has 0 heterocycles. The van der Waals surface area contributed by atoms with Crippen LogP contribution in [0.3, 0.4) is 0 Å². The fourth-order valence-corrected chi connectivity index (χ4v) is 2.03. The number of hydrogen-bond acceptors (Lipinski definition) is 2. The van der Waals surface area contributed by atoms with Crippen LogP contribution >= 0.6 is 0 Å². The number of aryl methyl sites for hydroxylation is 2. The third-order valence-electron chi connectivity index (χ3n) is 2.94. The molecule has 0 bridgehead atoms. The molecule has 0 radical (unpaired) electrons. The number of nitro benzene ring substituents is 1. The van der Waals surface area contributed by atoms with E-state index in [1.807, 2.05) is 30.3 Å². The highest BCUT2D eigenvalue weighted by atomic mass is 16.6. The molecule has 0 saturated carbocycles. The molecular formula is C15H15NO2. The molecule has 0 fully saturated rings. The molecule has 0 aliphatic carbocycles. The lowest BCUT2D eigenvalue weighted by Gasteiger charge is -2.03. The Hall–Kier alpha value is -2.16. The van der Waals surface area contributed by atoms with E-state index in [2.05, 4.69) is 12.1 Å². The first-order valence-corrected chi connectivity index (χ1v) is 6.03. The highest BCUT2D eigenvalue weighted by Gasteiger charge is 2.11. The maximum absolute atomic E-state index is 10.9. The maximum Gasteiger partial charge on any atom is 0.272 e. The van der Waals surface area contributed by atoms with E-state index >= 15 is 0 Å². The summed E-state index contributed by atoms with van der Waals surface area (Å²) in [5.41, 5.74) is 2.32. The predicted octanol–water partition coefficient (Wildman–Crippen LogP) is 3.77. The van der Waals surface area contributed by atoms with Crippen molar-refractivity contribution in [2.45, 2.75) is 19.3 Å². The van der Waals surface area contributed by atoms with Gasteiger partial charge in [0.05, 0.1) is 4.92 Å². The Morgan fingerprint density at radius 3 is 2.28 bits per heavy atom. The molecule has 0 N–H and O–H groups in total. The van der Waals surface area contributed by atoms with Gasteiger partial charge in [0.15, 0.2) is 0 Å². The molecule has 0 saturated heterocycles. The molecule has 2 aromatic rings. The Kier molecular flexibility index (Phi) is 4.07. The third-order valence-corrected chi connectivity index (χ3v) is 2.94. The minimum absolute atomic E-state index is 0.227. The molecule has 3 heteroatoms. The quantitative estimate of drug-likeness (QED) is 0.590. The van der Waals surface area contributed by atoms with Crippen molar-refractivity contribution in [2.24, 2.45) is 0 Å². The van der Waals surface area contributed by atoms with Crippen LogP contribution < -0.4 is 0 Å². The van der Waals surface area contributed by atoms with Crippen LogP contribution in [0.15, 0.2) is 54.6 Å². The summed E-state index contributed by atoms with van der Waals surface area (Å²) in [5.74, 6) is 0. The van der Waals surface area contributed by atoms with Gasteiger partial charge in [0, 0.05) is 11.6 Å². The van der Waals surface area contributed by atoms with Gasteiger partial charge in [-0.3, -0.25) is 10.1 Å². The second-order valence-corrected chi connectivity index (χ2v) is 4.22. The third kappa shape index (κ3) is 3.17. The second kappa shape index (κ2) is 5.96. The van der Waals surface area contributed by atoms with E-state index in [4.69, 9.17) is 0 Å². The van der Waals surface area contributed by atoms with Gasteiger partial charge in [-0.1, -0.05) is 48.5 Å². The smallest absolute Gasteiger partial charge is 0.258 e. The molecule has 3 nitrogen and oxygen atoms in total. The Balaban J connectivity index is 1.97. The number of hydrogen-bond donors (Lipinski definition) is 0. The minimum atomic E-state index is -0.308. The molecular weight excluding hydrogens is 226 g/mol. The van der Waals surface area contributed by atoms with Gasteiger partial charge in [-0.05, 0) is 24.8 Å². The van der Waals surface area contributed by atoms with Gasteiger partial charge in [-0.25, -0.2) is 0 Å². The molecule has 0 aliphatic rings. The van der Waals surface area contributed by atoms with Crippen molar-refractivity contribution in [3.05, 3.63) is 75.8 Å². The molecule has 92 valence electrons. The van der Waals surface area contributed by atoms with Crippen LogP contribution in [0.2, 0.25) is 0 Å². The molecule has 0 atom stereocenters. The number of nitro groups is 1. The second-order valence-electron chi connectivity index (χ2n) is 4.22. The number of rotatable bonds is 5. The first kappa shape index (κ1) is 12.3. The Bertz CT molecular complexity index is 523. The van der Waals surface area contributed by atoms with Gasteiger partial charge >= 0.3 is 0 Å². The zero-order valence-electron chi connectivity index (χ0n) is 10.1. The van der Waals surface area contributed by atoms with Crippen molar-refractivity contribution in [2.75, 3.05) is 0 Å². The Morgan fingerprint density at radius 2 is 1.56 bits per heavy atom. The largest absolute Gasteiger partial charge is 0.272 e. The molecule has 18 heavy (non-hydrogen) atoms. The van der Waals surface area contributed by atoms with Crippen molar-refractivity contribution in [1.29, 1.82) is 0 Å². The van der Waals surface area contributed by atoms with E-state index < -0.39 is 0 Å². The highest BCUT2D eigenvalue weighted by molar-refractivity contribution is 5.39. The molecule has 0 aliphatic heterocycles. The van der Waals surface area contributed by atoms with E-state index in [0.717, 1.165) is 24.8 Å². The lowest BCUT2D eigenvalue weighted by Crippen LogP contribution is -1.96. The van der Waals surface area contributed by atoms with Crippen LogP contribution in [0.5, 0.6) is 0 Å². The van der Waals surface area contributed by atoms with Crippen molar-refractivity contribution >= 4 is 5.69 Å². The summed E-state index contributed by atoms with van der Waals surface area (Å²) in [5, 5.41) is 10.9. The average molecular weight is 241 g/mol. The van der Waals surface area contributed by atoms with Gasteiger partial charge in [-0.2, -0.15) is 0 Å². The van der Waals surface area contributed by atoms with E-state index in [1.165, 1.54) is 5.56 Å². The average Bonchev–Trinajstić information content (AvgIpc) is 2.40. The summed E-state index contributed by atoms with van der Waals surface area (Å²) in [6.07, 6.45) is 2.62. The molecule has 0 amide bonds. The van der Waals surface area contributed by atoms with Gasteiger partial charge in [0.2, 0.25) is 0 Å². The number of para-hydroxylation sites is 1. The van der Waals surface area contributed by atoms with Gasteiger partial charge in [0.1, 0.15) is 0 Å². The van der Waals surface area contributed by atoms with Gasteiger partial charge in [-0.15, -0.1) is 0 Å². The summed E-state index contributed by atoms with van der Waals surface area (Å²) >= 11 is 0. The lowest BCUT2D eigenvalue weighted by atomic mass is 10.0. The summed E-state index contributed by atoms with van der Waals surface area (Å²) in [7, 11) is 0. The minimum Gasteiger partial charge on any atom is -0.258 e. The molecule has 2 rings (SSSR count). The van der Waals surface area contributed by atoms with E-state index in [0.29, 0.717) is 0 Å². The van der Waals surface area contributed by atoms with Crippen LogP contribution in [-0.2, 0) is 12.8 Å². The van der Waals surface area contributed by atoms with Gasteiger partial charge < -0.3 is 0 Å². The Labute approximate surface area is 106 Å².